The Bertz CT molecular complexity index is 684. The fraction of sp³-hybridized carbons (Fsp3) is 0.925. The summed E-state index contributed by atoms with van der Waals surface area (Å²) in [4.78, 5) is 36.1. The van der Waals surface area contributed by atoms with Gasteiger partial charge in [0.05, 0.1) is 0 Å². The first kappa shape index (κ1) is 44.4. The molecule has 272 valence electrons. The number of carboxylic acid groups (broad SMARTS) is 1. The molecular weight excluding hydrogens is 572 g/mol. The monoisotopic (exact) mass is 651 g/mol. The van der Waals surface area contributed by atoms with E-state index in [2.05, 4.69) is 24.5 Å². The second kappa shape index (κ2) is 36.2. The number of aliphatic carboxylic acids is 1. The third-order valence-corrected chi connectivity index (χ3v) is 9.39. The molecule has 0 aromatic rings. The molecule has 0 aromatic heterocycles. The minimum Gasteiger partial charge on any atom is -0.480 e. The zero-order valence-corrected chi connectivity index (χ0v) is 30.8. The lowest BCUT2D eigenvalue weighted by atomic mass is 10.0. The molecule has 0 saturated heterocycles. The van der Waals surface area contributed by atoms with Gasteiger partial charge in [-0.25, -0.2) is 4.79 Å². The lowest BCUT2D eigenvalue weighted by molar-refractivity contribution is -0.142. The van der Waals surface area contributed by atoms with Crippen molar-refractivity contribution in [1.29, 1.82) is 0 Å². The molecule has 0 heterocycles. The van der Waals surface area contributed by atoms with E-state index in [0.717, 1.165) is 38.5 Å². The molecule has 0 aliphatic rings. The van der Waals surface area contributed by atoms with Crippen LogP contribution in [0.2, 0.25) is 0 Å². The Morgan fingerprint density at radius 3 is 1.11 bits per heavy atom. The summed E-state index contributed by atoms with van der Waals surface area (Å²) in [7, 11) is 0. The number of rotatable bonds is 37. The van der Waals surface area contributed by atoms with Crippen LogP contribution in [0.5, 0.6) is 0 Å². The number of hydrogen-bond donors (Lipinski definition) is 3. The highest BCUT2D eigenvalue weighted by atomic mass is 16.4. The first-order valence-corrected chi connectivity index (χ1v) is 20.3. The highest BCUT2D eigenvalue weighted by Crippen LogP contribution is 2.15. The molecule has 0 aliphatic heterocycles. The molecule has 1 atom stereocenters. The molecule has 0 saturated carbocycles. The van der Waals surface area contributed by atoms with E-state index >= 15 is 0 Å². The lowest BCUT2D eigenvalue weighted by Crippen LogP contribution is -2.40. The second-order valence-electron chi connectivity index (χ2n) is 14.0. The van der Waals surface area contributed by atoms with E-state index in [1.54, 1.807) is 0 Å². The Balaban J connectivity index is 3.58. The maximum absolute atomic E-state index is 12.3. The van der Waals surface area contributed by atoms with Gasteiger partial charge in [0.25, 0.3) is 0 Å². The maximum Gasteiger partial charge on any atom is 0.326 e. The average molecular weight is 651 g/mol. The summed E-state index contributed by atoms with van der Waals surface area (Å²) in [6, 6.07) is -0.842. The predicted molar refractivity (Wildman–Crippen MR) is 196 cm³/mol. The Labute approximate surface area is 285 Å². The molecule has 3 N–H and O–H groups in total. The number of amides is 2. The zero-order chi connectivity index (χ0) is 33.8. The number of nitrogens with one attached hydrogen (secondary N) is 2. The fourth-order valence-corrected chi connectivity index (χ4v) is 6.27. The van der Waals surface area contributed by atoms with Crippen molar-refractivity contribution in [2.45, 2.75) is 232 Å². The Morgan fingerprint density at radius 2 is 0.761 bits per heavy atom. The van der Waals surface area contributed by atoms with Gasteiger partial charge in [0, 0.05) is 19.4 Å². The molecule has 6 heteroatoms. The molecule has 0 aromatic carbocycles. The molecule has 0 rings (SSSR count). The van der Waals surface area contributed by atoms with Crippen LogP contribution in [0.15, 0.2) is 0 Å². The van der Waals surface area contributed by atoms with Crippen molar-refractivity contribution in [3.63, 3.8) is 0 Å². The smallest absolute Gasteiger partial charge is 0.326 e. The van der Waals surface area contributed by atoms with Gasteiger partial charge in [-0.2, -0.15) is 0 Å². The van der Waals surface area contributed by atoms with Crippen LogP contribution in [-0.2, 0) is 14.4 Å². The van der Waals surface area contributed by atoms with Crippen molar-refractivity contribution in [3.05, 3.63) is 0 Å². The molecule has 2 amide bonds. The Morgan fingerprint density at radius 1 is 0.435 bits per heavy atom. The zero-order valence-electron chi connectivity index (χ0n) is 30.8. The number of hydrogen-bond acceptors (Lipinski definition) is 3. The van der Waals surface area contributed by atoms with Crippen LogP contribution in [0, 0.1) is 0 Å². The first-order valence-electron chi connectivity index (χ1n) is 20.3. The SMILES string of the molecule is CCCCCCCCCCCCCCCCCC(=O)NCCCC[C@H](NC(=O)CCCCCCCCCCCCCCC)C(=O)O. The summed E-state index contributed by atoms with van der Waals surface area (Å²) in [6.45, 7) is 5.10. The summed E-state index contributed by atoms with van der Waals surface area (Å²) in [6.07, 6.45) is 38.9. The van der Waals surface area contributed by atoms with Gasteiger partial charge in [-0.15, -0.1) is 0 Å². The molecule has 0 radical (unpaired) electrons. The number of carboxylic acids is 1. The molecule has 0 spiro atoms. The van der Waals surface area contributed by atoms with Crippen LogP contribution in [0.4, 0.5) is 0 Å². The summed E-state index contributed by atoms with van der Waals surface area (Å²) in [5.41, 5.74) is 0. The Hall–Kier alpha value is -1.59. The molecule has 0 unspecified atom stereocenters. The average Bonchev–Trinajstić information content (AvgIpc) is 3.04. The van der Waals surface area contributed by atoms with Crippen LogP contribution in [0.3, 0.4) is 0 Å². The largest absolute Gasteiger partial charge is 0.480 e. The first-order chi connectivity index (χ1) is 22.5. The Kier molecular flexibility index (Phi) is 35.0. The second-order valence-corrected chi connectivity index (χ2v) is 14.0. The molecule has 6 nitrogen and oxygen atoms in total. The van der Waals surface area contributed by atoms with Crippen LogP contribution in [0.25, 0.3) is 0 Å². The van der Waals surface area contributed by atoms with Gasteiger partial charge in [0.15, 0.2) is 0 Å². The van der Waals surface area contributed by atoms with Gasteiger partial charge in [0.2, 0.25) is 11.8 Å². The highest BCUT2D eigenvalue weighted by molar-refractivity contribution is 5.83. The molecule has 0 bridgehead atoms. The number of unbranched alkanes of at least 4 members (excludes halogenated alkanes) is 27. The quantitative estimate of drug-likeness (QED) is 0.0583. The van der Waals surface area contributed by atoms with E-state index in [-0.39, 0.29) is 11.8 Å². The summed E-state index contributed by atoms with van der Waals surface area (Å²) < 4.78 is 0. The highest BCUT2D eigenvalue weighted by Gasteiger charge is 2.19. The van der Waals surface area contributed by atoms with E-state index in [9.17, 15) is 19.5 Å². The molecular formula is C40H78N2O4. The van der Waals surface area contributed by atoms with Crippen LogP contribution < -0.4 is 10.6 Å². The van der Waals surface area contributed by atoms with Crippen molar-refractivity contribution < 1.29 is 19.5 Å². The summed E-state index contributed by atoms with van der Waals surface area (Å²) in [5.74, 6) is -1.04. The maximum atomic E-state index is 12.3. The van der Waals surface area contributed by atoms with Crippen molar-refractivity contribution >= 4 is 17.8 Å². The van der Waals surface area contributed by atoms with Gasteiger partial charge >= 0.3 is 5.97 Å². The minimum atomic E-state index is -0.976. The minimum absolute atomic E-state index is 0.0931. The van der Waals surface area contributed by atoms with E-state index in [0.29, 0.717) is 32.2 Å². The van der Waals surface area contributed by atoms with Crippen molar-refractivity contribution in [2.75, 3.05) is 6.54 Å². The van der Waals surface area contributed by atoms with Crippen LogP contribution >= 0.6 is 0 Å². The molecule has 0 aliphatic carbocycles. The normalized spacial score (nSPS) is 11.9. The predicted octanol–water partition coefficient (Wildman–Crippen LogP) is 11.6. The molecule has 0 fully saturated rings. The van der Waals surface area contributed by atoms with Gasteiger partial charge in [-0.05, 0) is 32.1 Å². The summed E-state index contributed by atoms with van der Waals surface area (Å²) in [5, 5.41) is 15.2. The van der Waals surface area contributed by atoms with Crippen molar-refractivity contribution in [2.24, 2.45) is 0 Å². The van der Waals surface area contributed by atoms with E-state index in [4.69, 9.17) is 0 Å². The number of carbonyl (C=O) groups is 3. The lowest BCUT2D eigenvalue weighted by Gasteiger charge is -2.14. The van der Waals surface area contributed by atoms with Crippen LogP contribution in [0.1, 0.15) is 226 Å². The third kappa shape index (κ3) is 33.8. The topological polar surface area (TPSA) is 95.5 Å². The van der Waals surface area contributed by atoms with Gasteiger partial charge in [-0.3, -0.25) is 9.59 Å². The standard InChI is InChI=1S/C40H78N2O4/c1-3-5-7-9-11-13-15-17-18-20-21-23-25-27-29-34-38(43)41-36-32-31-33-37(40(45)46)42-39(44)35-30-28-26-24-22-19-16-14-12-10-8-6-4-2/h37H,3-36H2,1-2H3,(H,41,43)(H,42,44)(H,45,46)/t37-/m0/s1. The van der Waals surface area contributed by atoms with Crippen molar-refractivity contribution in [1.82, 2.24) is 10.6 Å². The van der Waals surface area contributed by atoms with Crippen molar-refractivity contribution in [3.8, 4) is 0 Å². The van der Waals surface area contributed by atoms with E-state index < -0.39 is 12.0 Å². The fourth-order valence-electron chi connectivity index (χ4n) is 6.27. The number of carbonyl (C=O) groups excluding carboxylic acids is 2. The van der Waals surface area contributed by atoms with Gasteiger partial charge in [-0.1, -0.05) is 181 Å². The van der Waals surface area contributed by atoms with Gasteiger partial charge in [0.1, 0.15) is 6.04 Å². The third-order valence-electron chi connectivity index (χ3n) is 9.39. The van der Waals surface area contributed by atoms with Gasteiger partial charge < -0.3 is 15.7 Å². The molecule has 46 heavy (non-hydrogen) atoms. The van der Waals surface area contributed by atoms with E-state index in [1.165, 1.54) is 148 Å². The van der Waals surface area contributed by atoms with Crippen LogP contribution in [-0.4, -0.2) is 35.5 Å². The summed E-state index contributed by atoms with van der Waals surface area (Å²) >= 11 is 0. The van der Waals surface area contributed by atoms with E-state index in [1.807, 2.05) is 0 Å².